The van der Waals surface area contributed by atoms with Gasteiger partial charge >= 0.3 is 5.97 Å². The lowest BCUT2D eigenvalue weighted by molar-refractivity contribution is -0.137. The SMILES string of the molecule is O=C(O)CCC1C2CSCC1CC(=O)C2. The van der Waals surface area contributed by atoms with Gasteiger partial charge in [-0.25, -0.2) is 0 Å². The first-order valence-electron chi connectivity index (χ1n) is 5.48. The van der Waals surface area contributed by atoms with Gasteiger partial charge in [0.25, 0.3) is 0 Å². The number of carbonyl (C=O) groups is 2. The summed E-state index contributed by atoms with van der Waals surface area (Å²) in [6.45, 7) is 0. The Kier molecular flexibility index (Phi) is 3.34. The first-order valence-corrected chi connectivity index (χ1v) is 6.63. The lowest BCUT2D eigenvalue weighted by Crippen LogP contribution is -2.39. The molecule has 1 aliphatic carbocycles. The number of rotatable bonds is 3. The number of hydrogen-bond acceptors (Lipinski definition) is 3. The summed E-state index contributed by atoms with van der Waals surface area (Å²) in [5.74, 6) is 3.16. The molecule has 2 rings (SSSR count). The fourth-order valence-electron chi connectivity index (χ4n) is 2.85. The van der Waals surface area contributed by atoms with Crippen LogP contribution in [0.2, 0.25) is 0 Å². The molecular weight excluding hydrogens is 212 g/mol. The fourth-order valence-corrected chi connectivity index (χ4v) is 4.32. The maximum atomic E-state index is 11.4. The molecule has 15 heavy (non-hydrogen) atoms. The molecule has 0 aromatic heterocycles. The van der Waals surface area contributed by atoms with E-state index >= 15 is 0 Å². The van der Waals surface area contributed by atoms with Gasteiger partial charge in [0.2, 0.25) is 0 Å². The summed E-state index contributed by atoms with van der Waals surface area (Å²) in [5, 5.41) is 8.69. The van der Waals surface area contributed by atoms with Crippen LogP contribution in [0.15, 0.2) is 0 Å². The second-order valence-electron chi connectivity index (χ2n) is 4.60. The number of hydrogen-bond donors (Lipinski definition) is 1. The number of thioether (sulfide) groups is 1. The maximum Gasteiger partial charge on any atom is 0.303 e. The average molecular weight is 228 g/mol. The number of aliphatic carboxylic acids is 1. The maximum absolute atomic E-state index is 11.4. The summed E-state index contributed by atoms with van der Waals surface area (Å²) >= 11 is 1.93. The Balaban J connectivity index is 1.97. The molecule has 1 aliphatic heterocycles. The van der Waals surface area contributed by atoms with E-state index < -0.39 is 5.97 Å². The van der Waals surface area contributed by atoms with Gasteiger partial charge in [-0.2, -0.15) is 11.8 Å². The number of carboxylic acids is 1. The van der Waals surface area contributed by atoms with Crippen LogP contribution in [0.25, 0.3) is 0 Å². The van der Waals surface area contributed by atoms with E-state index in [0.717, 1.165) is 17.9 Å². The molecule has 2 aliphatic rings. The van der Waals surface area contributed by atoms with Crippen LogP contribution in [0.4, 0.5) is 0 Å². The molecule has 2 atom stereocenters. The summed E-state index contributed by atoms with van der Waals surface area (Å²) < 4.78 is 0. The van der Waals surface area contributed by atoms with E-state index in [1.807, 2.05) is 11.8 Å². The first-order chi connectivity index (χ1) is 7.16. The van der Waals surface area contributed by atoms with Gasteiger partial charge in [0.15, 0.2) is 0 Å². The zero-order valence-corrected chi connectivity index (χ0v) is 9.46. The average Bonchev–Trinajstić information content (AvgIpc) is 2.14. The summed E-state index contributed by atoms with van der Waals surface area (Å²) in [4.78, 5) is 22.0. The summed E-state index contributed by atoms with van der Waals surface area (Å²) in [7, 11) is 0. The fraction of sp³-hybridized carbons (Fsp3) is 0.818. The zero-order valence-electron chi connectivity index (χ0n) is 8.65. The highest BCUT2D eigenvalue weighted by Gasteiger charge is 2.39. The van der Waals surface area contributed by atoms with E-state index in [0.29, 0.717) is 36.4 Å². The predicted molar refractivity (Wildman–Crippen MR) is 58.9 cm³/mol. The number of ketones is 1. The van der Waals surface area contributed by atoms with Crippen molar-refractivity contribution in [3.05, 3.63) is 0 Å². The monoisotopic (exact) mass is 228 g/mol. The van der Waals surface area contributed by atoms with Crippen molar-refractivity contribution in [3.8, 4) is 0 Å². The second-order valence-corrected chi connectivity index (χ2v) is 5.68. The summed E-state index contributed by atoms with van der Waals surface area (Å²) in [5.41, 5.74) is 0. The number of fused-ring (bicyclic) bond motifs is 2. The van der Waals surface area contributed by atoms with Crippen molar-refractivity contribution in [1.82, 2.24) is 0 Å². The van der Waals surface area contributed by atoms with Gasteiger partial charge in [-0.05, 0) is 35.7 Å². The van der Waals surface area contributed by atoms with E-state index in [9.17, 15) is 9.59 Å². The summed E-state index contributed by atoms with van der Waals surface area (Å²) in [6, 6.07) is 0. The van der Waals surface area contributed by atoms with E-state index in [1.54, 1.807) is 0 Å². The topological polar surface area (TPSA) is 54.4 Å². The molecule has 1 heterocycles. The van der Waals surface area contributed by atoms with Gasteiger partial charge in [0, 0.05) is 19.3 Å². The van der Waals surface area contributed by atoms with Crippen LogP contribution in [-0.4, -0.2) is 28.4 Å². The van der Waals surface area contributed by atoms with Gasteiger partial charge < -0.3 is 5.11 Å². The van der Waals surface area contributed by atoms with Crippen molar-refractivity contribution >= 4 is 23.5 Å². The molecule has 1 saturated carbocycles. The van der Waals surface area contributed by atoms with Gasteiger partial charge in [-0.1, -0.05) is 0 Å². The largest absolute Gasteiger partial charge is 0.481 e. The Bertz CT molecular complexity index is 261. The van der Waals surface area contributed by atoms with Crippen LogP contribution in [0.5, 0.6) is 0 Å². The first kappa shape index (κ1) is 11.0. The Morgan fingerprint density at radius 2 is 1.93 bits per heavy atom. The smallest absolute Gasteiger partial charge is 0.303 e. The molecule has 0 spiro atoms. The third-order valence-electron chi connectivity index (χ3n) is 3.55. The minimum atomic E-state index is -0.711. The van der Waals surface area contributed by atoms with Crippen LogP contribution in [0.3, 0.4) is 0 Å². The molecular formula is C11H16O3S. The molecule has 2 bridgehead atoms. The van der Waals surface area contributed by atoms with Crippen LogP contribution in [0.1, 0.15) is 25.7 Å². The van der Waals surface area contributed by atoms with Crippen molar-refractivity contribution in [2.24, 2.45) is 17.8 Å². The Morgan fingerprint density at radius 3 is 2.47 bits per heavy atom. The molecule has 2 unspecified atom stereocenters. The molecule has 0 radical (unpaired) electrons. The normalized spacial score (nSPS) is 35.2. The molecule has 0 aromatic rings. The third kappa shape index (κ3) is 2.54. The highest BCUT2D eigenvalue weighted by molar-refractivity contribution is 7.99. The van der Waals surface area contributed by atoms with E-state index in [1.165, 1.54) is 0 Å². The van der Waals surface area contributed by atoms with Crippen molar-refractivity contribution in [1.29, 1.82) is 0 Å². The van der Waals surface area contributed by atoms with Crippen LogP contribution in [0, 0.1) is 17.8 Å². The van der Waals surface area contributed by atoms with Crippen molar-refractivity contribution < 1.29 is 14.7 Å². The predicted octanol–water partition coefficient (Wildman–Crippen LogP) is 1.81. The van der Waals surface area contributed by atoms with Gasteiger partial charge in [-0.3, -0.25) is 9.59 Å². The Morgan fingerprint density at radius 1 is 1.33 bits per heavy atom. The zero-order chi connectivity index (χ0) is 10.8. The van der Waals surface area contributed by atoms with Crippen molar-refractivity contribution in [3.63, 3.8) is 0 Å². The van der Waals surface area contributed by atoms with Crippen LogP contribution >= 0.6 is 11.8 Å². The van der Waals surface area contributed by atoms with Gasteiger partial charge in [-0.15, -0.1) is 0 Å². The minimum absolute atomic E-state index is 0.260. The van der Waals surface area contributed by atoms with Crippen molar-refractivity contribution in [2.75, 3.05) is 11.5 Å². The van der Waals surface area contributed by atoms with E-state index in [-0.39, 0.29) is 6.42 Å². The number of carbonyl (C=O) groups excluding carboxylic acids is 1. The highest BCUT2D eigenvalue weighted by atomic mass is 32.2. The molecule has 1 saturated heterocycles. The van der Waals surface area contributed by atoms with E-state index in [4.69, 9.17) is 5.11 Å². The lowest BCUT2D eigenvalue weighted by atomic mass is 9.70. The minimum Gasteiger partial charge on any atom is -0.481 e. The standard InChI is InChI=1S/C11H16O3S/c12-9-3-7-5-15-6-8(4-9)10(7)1-2-11(13)14/h7-8,10H,1-6H2,(H,13,14). The van der Waals surface area contributed by atoms with Crippen LogP contribution in [-0.2, 0) is 9.59 Å². The lowest BCUT2D eigenvalue weighted by Gasteiger charge is -2.41. The van der Waals surface area contributed by atoms with Gasteiger partial charge in [0.1, 0.15) is 5.78 Å². The summed E-state index contributed by atoms with van der Waals surface area (Å²) in [6.07, 6.45) is 2.40. The Hall–Kier alpha value is -0.510. The molecule has 0 amide bonds. The second kappa shape index (κ2) is 4.56. The molecule has 84 valence electrons. The molecule has 3 nitrogen and oxygen atoms in total. The molecule has 4 heteroatoms. The third-order valence-corrected chi connectivity index (χ3v) is 4.87. The van der Waals surface area contributed by atoms with E-state index in [2.05, 4.69) is 0 Å². The van der Waals surface area contributed by atoms with Crippen molar-refractivity contribution in [2.45, 2.75) is 25.7 Å². The molecule has 1 N–H and O–H groups in total. The highest BCUT2D eigenvalue weighted by Crippen LogP contribution is 2.43. The van der Waals surface area contributed by atoms with Gasteiger partial charge in [0.05, 0.1) is 0 Å². The number of carboxylic acid groups (broad SMARTS) is 1. The Labute approximate surface area is 93.6 Å². The number of Topliss-reactive ketones (excluding diaryl/α,β-unsaturated/α-hetero) is 1. The quantitative estimate of drug-likeness (QED) is 0.800. The molecule has 2 fully saturated rings. The van der Waals surface area contributed by atoms with Crippen LogP contribution < -0.4 is 0 Å². The molecule has 0 aromatic carbocycles.